The highest BCUT2D eigenvalue weighted by molar-refractivity contribution is 5.34. The minimum absolute atomic E-state index is 0.0750. The van der Waals surface area contributed by atoms with Gasteiger partial charge in [-0.1, -0.05) is 299 Å². The van der Waals surface area contributed by atoms with Gasteiger partial charge >= 0.3 is 0 Å². The summed E-state index contributed by atoms with van der Waals surface area (Å²) in [4.78, 5) is 0. The maximum atomic E-state index is 8.25. The Labute approximate surface area is 450 Å². The van der Waals surface area contributed by atoms with Gasteiger partial charge in [0.05, 0.1) is 0 Å². The molecule has 0 saturated heterocycles. The van der Waals surface area contributed by atoms with Gasteiger partial charge in [-0.05, 0) is 144 Å². The van der Waals surface area contributed by atoms with Crippen molar-refractivity contribution in [2.24, 2.45) is 0 Å². The third-order valence-corrected chi connectivity index (χ3v) is 14.8. The van der Waals surface area contributed by atoms with Crippen molar-refractivity contribution >= 4 is 0 Å². The Morgan fingerprint density at radius 1 is 0.465 bits per heavy atom. The fourth-order valence-electron chi connectivity index (χ4n) is 9.28. The molecule has 71 heavy (non-hydrogen) atoms. The van der Waals surface area contributed by atoms with Crippen LogP contribution in [0.3, 0.4) is 0 Å². The zero-order valence-corrected chi connectivity index (χ0v) is 49.4. The smallest absolute Gasteiger partial charge is 0.0349 e. The molecule has 2 aliphatic rings. The average Bonchev–Trinajstić information content (AvgIpc) is 4.04. The molecule has 2 aliphatic carbocycles. The molecule has 7 rings (SSSR count). The van der Waals surface area contributed by atoms with Crippen LogP contribution in [0.1, 0.15) is 299 Å². The molecule has 5 aromatic carbocycles. The summed E-state index contributed by atoms with van der Waals surface area (Å²) in [7, 11) is 0. The van der Waals surface area contributed by atoms with Gasteiger partial charge in [0, 0.05) is 9.60 Å². The molecule has 0 aliphatic heterocycles. The van der Waals surface area contributed by atoms with Crippen LogP contribution >= 0.6 is 0 Å². The first-order valence-electron chi connectivity index (χ1n) is 30.9. The Morgan fingerprint density at radius 3 is 1.07 bits per heavy atom. The summed E-state index contributed by atoms with van der Waals surface area (Å²) in [6.07, 6.45) is 8.99. The topological polar surface area (TPSA) is 0 Å². The van der Waals surface area contributed by atoms with Gasteiger partial charge in [0.25, 0.3) is 0 Å². The highest BCUT2D eigenvalue weighted by Crippen LogP contribution is 2.41. The van der Waals surface area contributed by atoms with Crippen LogP contribution < -0.4 is 0 Å². The maximum Gasteiger partial charge on any atom is 0.0349 e. The molecule has 0 N–H and O–H groups in total. The van der Waals surface area contributed by atoms with E-state index in [9.17, 15) is 0 Å². The minimum atomic E-state index is -2.74. The molecule has 0 amide bonds. The van der Waals surface area contributed by atoms with E-state index in [0.29, 0.717) is 11.3 Å². The van der Waals surface area contributed by atoms with Gasteiger partial charge in [-0.3, -0.25) is 0 Å². The van der Waals surface area contributed by atoms with Crippen molar-refractivity contribution in [3.05, 3.63) is 177 Å². The lowest BCUT2D eigenvalue weighted by molar-refractivity contribution is 0.490. The molecule has 0 spiro atoms. The normalized spacial score (nSPS) is 18.0. The molecular weight excluding hydrogens is 853 g/mol. The summed E-state index contributed by atoms with van der Waals surface area (Å²) in [6, 6.07) is 42.7. The van der Waals surface area contributed by atoms with E-state index in [-0.39, 0.29) is 32.6 Å². The van der Waals surface area contributed by atoms with E-state index in [4.69, 9.17) is 9.60 Å². The van der Waals surface area contributed by atoms with E-state index in [2.05, 4.69) is 201 Å². The molecule has 0 bridgehead atoms. The van der Waals surface area contributed by atoms with Crippen LogP contribution in [0.2, 0.25) is 0 Å². The quantitative estimate of drug-likeness (QED) is 0.159. The first-order chi connectivity index (χ1) is 35.3. The average molecular weight is 969 g/mol. The second kappa shape index (κ2) is 26.4. The summed E-state index contributed by atoms with van der Waals surface area (Å²) in [5.74, 6) is -1.29. The Hall–Kier alpha value is -3.90. The summed E-state index contributed by atoms with van der Waals surface area (Å²) in [5.41, 5.74) is 13.8. The highest BCUT2D eigenvalue weighted by atomic mass is 14.3. The lowest BCUT2D eigenvalue weighted by Gasteiger charge is -2.26. The first-order valence-corrected chi connectivity index (χ1v) is 27.4. The van der Waals surface area contributed by atoms with Gasteiger partial charge in [0.1, 0.15) is 0 Å². The summed E-state index contributed by atoms with van der Waals surface area (Å²) in [5, 5.41) is 0. The first kappa shape index (κ1) is 50.6. The molecule has 1 unspecified atom stereocenters. The molecule has 0 heteroatoms. The van der Waals surface area contributed by atoms with Crippen molar-refractivity contribution < 1.29 is 9.60 Å². The van der Waals surface area contributed by atoms with Crippen molar-refractivity contribution in [1.29, 1.82) is 0 Å². The predicted molar refractivity (Wildman–Crippen MR) is 320 cm³/mol. The second-order valence-electron chi connectivity index (χ2n) is 26.8. The van der Waals surface area contributed by atoms with E-state index >= 15 is 0 Å². The van der Waals surface area contributed by atoms with E-state index in [1.165, 1.54) is 84.7 Å². The van der Waals surface area contributed by atoms with Crippen molar-refractivity contribution in [3.63, 3.8) is 0 Å². The van der Waals surface area contributed by atoms with E-state index in [1.54, 1.807) is 29.8 Å². The number of rotatable bonds is 6. The third kappa shape index (κ3) is 20.1. The molecule has 0 nitrogen and oxygen atoms in total. The Morgan fingerprint density at radius 2 is 0.775 bits per heavy atom. The van der Waals surface area contributed by atoms with E-state index in [1.807, 2.05) is 34.6 Å². The molecule has 0 heterocycles. The Bertz CT molecular complexity index is 2470. The van der Waals surface area contributed by atoms with Crippen molar-refractivity contribution in [1.82, 2.24) is 0 Å². The fourth-order valence-corrected chi connectivity index (χ4v) is 9.28. The molecular formula is C71H108. The standard InChI is InChI=1S/C16H24.C15H22.C14H22.2C13H20/c1-15(2,3)13-7-9-14(10-8-13)16(4)11-5-6-12-16;1-15(2,3)14-10-8-13(9-11-14)12-6-4-5-7-12;1-6-11(2)12-7-9-13(10-8-12)14(3,4)5;2*1-10(2)11-6-8-12(9-7-11)13(3,4)5/h7-10H,5-6,11-12H2,1-4H3;8-12H,4-7H2,1-3H3;7-11H,6H2,1-5H3;2*6-10H,1-5H3/i;;2D3,6D2,11D;10D;. The van der Waals surface area contributed by atoms with Gasteiger partial charge in [-0.25, -0.2) is 0 Å². The van der Waals surface area contributed by atoms with Gasteiger partial charge in [-0.2, -0.15) is 0 Å². The summed E-state index contributed by atoms with van der Waals surface area (Å²) in [6.45, 7) is 42.2. The van der Waals surface area contributed by atoms with Crippen LogP contribution in [-0.2, 0) is 32.5 Å². The Kier molecular flexibility index (Phi) is 18.8. The monoisotopic (exact) mass is 968 g/mol. The largest absolute Gasteiger partial charge is 0.0648 e. The van der Waals surface area contributed by atoms with Crippen LogP contribution in [0, 0.1) is 0 Å². The van der Waals surface area contributed by atoms with Crippen LogP contribution in [0.5, 0.6) is 0 Å². The zero-order chi connectivity index (χ0) is 59.7. The lowest BCUT2D eigenvalue weighted by Crippen LogP contribution is -2.17. The van der Waals surface area contributed by atoms with Gasteiger partial charge in [-0.15, -0.1) is 0 Å². The molecule has 2 fully saturated rings. The van der Waals surface area contributed by atoms with Gasteiger partial charge < -0.3 is 0 Å². The molecule has 0 aromatic heterocycles. The van der Waals surface area contributed by atoms with Crippen molar-refractivity contribution in [2.75, 3.05) is 0 Å². The predicted octanol–water partition coefficient (Wildman–Crippen LogP) is 22.2. The zero-order valence-electron chi connectivity index (χ0n) is 56.4. The van der Waals surface area contributed by atoms with Crippen LogP contribution in [-0.4, -0.2) is 0 Å². The maximum absolute atomic E-state index is 8.25. The summed E-state index contributed by atoms with van der Waals surface area (Å²) >= 11 is 0. The highest BCUT2D eigenvalue weighted by Gasteiger charge is 2.30. The van der Waals surface area contributed by atoms with Gasteiger partial charge in [0.15, 0.2) is 0 Å². The third-order valence-electron chi connectivity index (χ3n) is 14.8. The van der Waals surface area contributed by atoms with E-state index < -0.39 is 25.0 Å². The second-order valence-corrected chi connectivity index (χ2v) is 26.8. The molecule has 2 saturated carbocycles. The molecule has 5 aromatic rings. The number of benzene rings is 5. The van der Waals surface area contributed by atoms with Gasteiger partial charge in [0.2, 0.25) is 0 Å². The minimum Gasteiger partial charge on any atom is -0.0648 e. The lowest BCUT2D eigenvalue weighted by atomic mass is 9.79. The number of hydrogen-bond donors (Lipinski definition) is 0. The summed E-state index contributed by atoms with van der Waals surface area (Å²) < 4.78 is 54.4. The number of hydrogen-bond acceptors (Lipinski definition) is 0. The van der Waals surface area contributed by atoms with Crippen LogP contribution in [0.25, 0.3) is 0 Å². The van der Waals surface area contributed by atoms with Crippen LogP contribution in [0.15, 0.2) is 121 Å². The SMILES string of the molecule is CC(C)(C)c1ccc(C2(C)CCCC2)cc1.CC(C)(C)c1ccc(C2CCCC2)cc1.CC(C)c1ccc(C(C)(C)C)cc1.[2H]C(C)(C)c1ccc(C(C)(C)C)cc1.[2H]C([2H])([2H])C([2H])(c1ccc(C(C)(C)C)cc1)C([2H])([2H])C. The van der Waals surface area contributed by atoms with E-state index in [0.717, 1.165) is 24.0 Å². The molecule has 1 atom stereocenters. The fraction of sp³-hybridized carbons (Fsp3) is 0.577. The Balaban J connectivity index is 0.000000258. The molecule has 0 radical (unpaired) electrons. The van der Waals surface area contributed by atoms with Crippen molar-refractivity contribution in [2.45, 2.75) is 266 Å². The van der Waals surface area contributed by atoms with Crippen molar-refractivity contribution in [3.8, 4) is 0 Å². The molecule has 392 valence electrons. The van der Waals surface area contributed by atoms with Crippen LogP contribution in [0.4, 0.5) is 0 Å².